The topological polar surface area (TPSA) is 56.1 Å². The number of aryl methyl sites for hydroxylation is 1. The Balaban J connectivity index is 2.21. The van der Waals surface area contributed by atoms with Gasteiger partial charge in [-0.3, -0.25) is 9.48 Å². The van der Waals surface area contributed by atoms with Crippen molar-refractivity contribution in [3.8, 4) is 5.75 Å². The molecule has 1 aromatic heterocycles. The van der Waals surface area contributed by atoms with Gasteiger partial charge < -0.3 is 10.1 Å². The van der Waals surface area contributed by atoms with Crippen LogP contribution in [0.5, 0.6) is 5.75 Å². The second kappa shape index (κ2) is 5.47. The van der Waals surface area contributed by atoms with Gasteiger partial charge in [-0.2, -0.15) is 18.3 Å². The van der Waals surface area contributed by atoms with E-state index < -0.39 is 17.8 Å². The smallest absolute Gasteiger partial charge is 0.435 e. The monoisotopic (exact) mass is 299 g/mol. The number of anilines is 1. The van der Waals surface area contributed by atoms with E-state index in [2.05, 4.69) is 10.4 Å². The number of benzene rings is 1. The third-order valence-electron chi connectivity index (χ3n) is 2.74. The van der Waals surface area contributed by atoms with Gasteiger partial charge in [-0.05, 0) is 18.2 Å². The lowest BCUT2D eigenvalue weighted by atomic mass is 10.2. The molecular weight excluding hydrogens is 287 g/mol. The van der Waals surface area contributed by atoms with Crippen LogP contribution in [0.3, 0.4) is 0 Å². The molecule has 0 saturated heterocycles. The van der Waals surface area contributed by atoms with Gasteiger partial charge in [0.05, 0.1) is 7.11 Å². The van der Waals surface area contributed by atoms with Crippen LogP contribution in [0.25, 0.3) is 0 Å². The molecule has 0 aliphatic rings. The number of aromatic nitrogens is 2. The van der Waals surface area contributed by atoms with E-state index in [9.17, 15) is 18.0 Å². The molecule has 1 amide bonds. The van der Waals surface area contributed by atoms with E-state index in [0.717, 1.165) is 10.7 Å². The van der Waals surface area contributed by atoms with Crippen LogP contribution >= 0.6 is 0 Å². The zero-order valence-electron chi connectivity index (χ0n) is 11.2. The third-order valence-corrected chi connectivity index (χ3v) is 2.74. The molecule has 0 spiro atoms. The second-order valence-electron chi connectivity index (χ2n) is 4.22. The Labute approximate surface area is 118 Å². The summed E-state index contributed by atoms with van der Waals surface area (Å²) in [6.45, 7) is 0. The van der Waals surface area contributed by atoms with Crippen molar-refractivity contribution in [2.24, 2.45) is 7.05 Å². The summed E-state index contributed by atoms with van der Waals surface area (Å²) in [5.41, 5.74) is -0.796. The van der Waals surface area contributed by atoms with Crippen LogP contribution in [-0.2, 0) is 13.2 Å². The second-order valence-corrected chi connectivity index (χ2v) is 4.22. The molecule has 0 unspecified atom stereocenters. The van der Waals surface area contributed by atoms with Crippen molar-refractivity contribution in [3.05, 3.63) is 41.6 Å². The molecule has 8 heteroatoms. The maximum atomic E-state index is 12.5. The van der Waals surface area contributed by atoms with Gasteiger partial charge in [0.1, 0.15) is 11.6 Å². The van der Waals surface area contributed by atoms with E-state index in [1.165, 1.54) is 26.3 Å². The number of amides is 1. The molecule has 0 bridgehead atoms. The van der Waals surface area contributed by atoms with Gasteiger partial charge in [-0.15, -0.1) is 0 Å². The van der Waals surface area contributed by atoms with Crippen LogP contribution in [-0.4, -0.2) is 22.8 Å². The number of methoxy groups -OCH3 is 1. The van der Waals surface area contributed by atoms with Crippen molar-refractivity contribution >= 4 is 11.7 Å². The molecule has 0 saturated carbocycles. The molecule has 0 atom stereocenters. The number of ether oxygens (including phenoxy) is 1. The van der Waals surface area contributed by atoms with Crippen molar-refractivity contribution in [2.75, 3.05) is 12.4 Å². The molecule has 1 aromatic carbocycles. The summed E-state index contributed by atoms with van der Waals surface area (Å²) in [6, 6.07) is 7.05. The molecule has 0 aliphatic heterocycles. The van der Waals surface area contributed by atoms with Crippen LogP contribution in [0.4, 0.5) is 19.0 Å². The van der Waals surface area contributed by atoms with Gasteiger partial charge in [-0.25, -0.2) is 0 Å². The van der Waals surface area contributed by atoms with Crippen LogP contribution in [0.1, 0.15) is 16.1 Å². The van der Waals surface area contributed by atoms with Gasteiger partial charge in [0.2, 0.25) is 0 Å². The van der Waals surface area contributed by atoms with Crippen molar-refractivity contribution in [2.45, 2.75) is 6.18 Å². The highest BCUT2D eigenvalue weighted by Gasteiger charge is 2.34. The fourth-order valence-electron chi connectivity index (χ4n) is 1.68. The fraction of sp³-hybridized carbons (Fsp3) is 0.231. The molecular formula is C13H12F3N3O2. The average molecular weight is 299 g/mol. The number of carbonyl (C=O) groups excluding carboxylic acids is 1. The molecule has 2 rings (SSSR count). The van der Waals surface area contributed by atoms with Gasteiger partial charge in [0.15, 0.2) is 5.69 Å². The van der Waals surface area contributed by atoms with Gasteiger partial charge in [0.25, 0.3) is 5.91 Å². The van der Waals surface area contributed by atoms with Crippen LogP contribution in [0.2, 0.25) is 0 Å². The van der Waals surface area contributed by atoms with Gasteiger partial charge >= 0.3 is 6.18 Å². The Morgan fingerprint density at radius 1 is 1.33 bits per heavy atom. The first kappa shape index (κ1) is 14.9. The minimum atomic E-state index is -4.56. The first-order valence-corrected chi connectivity index (χ1v) is 5.88. The maximum Gasteiger partial charge on any atom is 0.435 e. The van der Waals surface area contributed by atoms with Crippen LogP contribution < -0.4 is 10.1 Å². The predicted molar refractivity (Wildman–Crippen MR) is 69.2 cm³/mol. The molecule has 2 aromatic rings. The number of alkyl halides is 3. The van der Waals surface area contributed by atoms with Gasteiger partial charge in [-0.1, -0.05) is 6.07 Å². The summed E-state index contributed by atoms with van der Waals surface area (Å²) in [4.78, 5) is 12.0. The lowest BCUT2D eigenvalue weighted by Crippen LogP contribution is -2.14. The van der Waals surface area contributed by atoms with E-state index in [-0.39, 0.29) is 11.4 Å². The highest BCUT2D eigenvalue weighted by Crippen LogP contribution is 2.29. The molecule has 5 nitrogen and oxygen atoms in total. The van der Waals surface area contributed by atoms with E-state index in [0.29, 0.717) is 5.75 Å². The van der Waals surface area contributed by atoms with E-state index in [1.807, 2.05) is 0 Å². The Morgan fingerprint density at radius 3 is 2.62 bits per heavy atom. The lowest BCUT2D eigenvalue weighted by Gasteiger charge is -2.06. The largest absolute Gasteiger partial charge is 0.497 e. The maximum absolute atomic E-state index is 12.5. The third kappa shape index (κ3) is 3.33. The number of rotatable bonds is 3. The Kier molecular flexibility index (Phi) is 3.88. The van der Waals surface area contributed by atoms with Gasteiger partial charge in [0, 0.05) is 18.7 Å². The summed E-state index contributed by atoms with van der Waals surface area (Å²) in [5.74, 6) is -0.121. The highest BCUT2D eigenvalue weighted by atomic mass is 19.4. The number of nitrogens with zero attached hydrogens (tertiary/aromatic N) is 2. The van der Waals surface area contributed by atoms with Crippen molar-refractivity contribution in [1.82, 2.24) is 9.78 Å². The molecule has 1 N–H and O–H groups in total. The van der Waals surface area contributed by atoms with Crippen molar-refractivity contribution < 1.29 is 22.7 Å². The highest BCUT2D eigenvalue weighted by molar-refractivity contribution is 6.04. The number of carbonyl (C=O) groups is 1. The number of hydrogen-bond acceptors (Lipinski definition) is 3. The summed E-state index contributed by atoms with van der Waals surface area (Å²) >= 11 is 0. The quantitative estimate of drug-likeness (QED) is 0.948. The van der Waals surface area contributed by atoms with Crippen molar-refractivity contribution in [1.29, 1.82) is 0 Å². The number of hydrogen-bond donors (Lipinski definition) is 1. The SMILES string of the molecule is COc1cccc(C(=O)Nc2cc(C(F)(F)F)nn2C)c1. The number of nitrogens with one attached hydrogen (secondary N) is 1. The minimum absolute atomic E-state index is 0.0462. The van der Waals surface area contributed by atoms with Crippen LogP contribution in [0, 0.1) is 0 Å². The van der Waals surface area contributed by atoms with Crippen molar-refractivity contribution in [3.63, 3.8) is 0 Å². The van der Waals surface area contributed by atoms with E-state index in [1.54, 1.807) is 12.1 Å². The first-order valence-electron chi connectivity index (χ1n) is 5.88. The lowest BCUT2D eigenvalue weighted by molar-refractivity contribution is -0.141. The zero-order chi connectivity index (χ0) is 15.6. The molecule has 0 radical (unpaired) electrons. The minimum Gasteiger partial charge on any atom is -0.497 e. The predicted octanol–water partition coefficient (Wildman–Crippen LogP) is 2.70. The average Bonchev–Trinajstić information content (AvgIpc) is 2.80. The molecule has 0 fully saturated rings. The normalized spacial score (nSPS) is 11.3. The fourth-order valence-corrected chi connectivity index (χ4v) is 1.68. The standard InChI is InChI=1S/C13H12F3N3O2/c1-19-11(7-10(18-19)13(14,15)16)17-12(20)8-4-3-5-9(6-8)21-2/h3-7H,1-2H3,(H,17,20). The molecule has 0 aliphatic carbocycles. The summed E-state index contributed by atoms with van der Waals surface area (Å²) in [5, 5.41) is 5.69. The molecule has 1 heterocycles. The summed E-state index contributed by atoms with van der Waals surface area (Å²) in [6.07, 6.45) is -4.56. The van der Waals surface area contributed by atoms with E-state index >= 15 is 0 Å². The number of halogens is 3. The molecule has 112 valence electrons. The Morgan fingerprint density at radius 2 is 2.05 bits per heavy atom. The molecule has 21 heavy (non-hydrogen) atoms. The zero-order valence-corrected chi connectivity index (χ0v) is 11.2. The summed E-state index contributed by atoms with van der Waals surface area (Å²) in [7, 11) is 2.77. The Bertz CT molecular complexity index is 665. The van der Waals surface area contributed by atoms with Crippen LogP contribution in [0.15, 0.2) is 30.3 Å². The van der Waals surface area contributed by atoms with E-state index in [4.69, 9.17) is 4.74 Å². The Hall–Kier alpha value is -2.51. The first-order chi connectivity index (χ1) is 9.81. The summed E-state index contributed by atoms with van der Waals surface area (Å²) < 4.78 is 43.5.